The number of nitrogens with zero attached hydrogens (tertiary/aromatic N) is 6. The Morgan fingerprint density at radius 1 is 1.19 bits per heavy atom. The lowest BCUT2D eigenvalue weighted by atomic mass is 9.96. The summed E-state index contributed by atoms with van der Waals surface area (Å²) in [6, 6.07) is 14.5. The van der Waals surface area contributed by atoms with Gasteiger partial charge in [0.2, 0.25) is 5.88 Å². The maximum Gasteiger partial charge on any atom is 0.282 e. The number of amides is 1. The summed E-state index contributed by atoms with van der Waals surface area (Å²) in [5.74, 6) is -1.29. The molecule has 224 valence electrons. The highest BCUT2D eigenvalue weighted by Crippen LogP contribution is 2.40. The number of benzene rings is 2. The van der Waals surface area contributed by atoms with E-state index in [4.69, 9.17) is 21.3 Å². The van der Waals surface area contributed by atoms with Crippen LogP contribution in [0.3, 0.4) is 0 Å². The van der Waals surface area contributed by atoms with Gasteiger partial charge in [0.15, 0.2) is 5.83 Å². The molecular formula is C33H36ClFN6O2. The molecule has 2 atom stereocenters. The van der Waals surface area contributed by atoms with Gasteiger partial charge in [-0.15, -0.1) is 0 Å². The second-order valence-electron chi connectivity index (χ2n) is 11.8. The van der Waals surface area contributed by atoms with Crippen LogP contribution < -0.4 is 14.5 Å². The minimum atomic E-state index is -0.958. The normalized spacial score (nSPS) is 20.7. The van der Waals surface area contributed by atoms with Crippen LogP contribution in [-0.4, -0.2) is 79.2 Å². The molecule has 1 aromatic heterocycles. The second kappa shape index (κ2) is 12.0. The molecule has 43 heavy (non-hydrogen) atoms. The fourth-order valence-electron chi connectivity index (χ4n) is 6.82. The number of likely N-dealkylation sites (tertiary alicyclic amines) is 1. The number of carbonyl (C=O) groups excluding carboxylic acids is 1. The zero-order valence-electron chi connectivity index (χ0n) is 24.7. The average Bonchev–Trinajstić information content (AvgIpc) is 3.42. The largest absolute Gasteiger partial charge is 0.475 e. The lowest BCUT2D eigenvalue weighted by Crippen LogP contribution is -2.54. The van der Waals surface area contributed by atoms with E-state index < -0.39 is 11.7 Å². The first-order valence-electron chi connectivity index (χ1n) is 14.9. The van der Waals surface area contributed by atoms with Crippen molar-refractivity contribution < 1.29 is 13.9 Å². The highest BCUT2D eigenvalue weighted by molar-refractivity contribution is 6.36. The molecule has 3 aromatic rings. The van der Waals surface area contributed by atoms with Crippen molar-refractivity contribution in [2.45, 2.75) is 44.8 Å². The number of fused-ring (bicyclic) bond motifs is 2. The third kappa shape index (κ3) is 5.50. The molecule has 0 spiro atoms. The zero-order valence-corrected chi connectivity index (χ0v) is 25.4. The third-order valence-electron chi connectivity index (χ3n) is 9.10. The first kappa shape index (κ1) is 29.2. The number of halogens is 2. The molecule has 8 nitrogen and oxygen atoms in total. The van der Waals surface area contributed by atoms with E-state index in [1.807, 2.05) is 25.1 Å². The van der Waals surface area contributed by atoms with Gasteiger partial charge in [0.1, 0.15) is 18.2 Å². The van der Waals surface area contributed by atoms with Crippen molar-refractivity contribution in [2.24, 2.45) is 0 Å². The fourth-order valence-corrected chi connectivity index (χ4v) is 7.10. The third-order valence-corrected chi connectivity index (χ3v) is 9.41. The number of hydrogen-bond donors (Lipinski definition) is 0. The number of ether oxygens (including phenoxy) is 1. The maximum atomic E-state index is 13.7. The van der Waals surface area contributed by atoms with Gasteiger partial charge in [-0.2, -0.15) is 5.26 Å². The molecule has 4 heterocycles. The number of carbonyl (C=O) groups is 1. The summed E-state index contributed by atoms with van der Waals surface area (Å²) in [5, 5.41) is 13.3. The minimum Gasteiger partial charge on any atom is -0.475 e. The van der Waals surface area contributed by atoms with Crippen LogP contribution in [0.5, 0.6) is 5.88 Å². The monoisotopic (exact) mass is 602 g/mol. The van der Waals surface area contributed by atoms with E-state index in [1.54, 1.807) is 0 Å². The predicted octanol–water partition coefficient (Wildman–Crippen LogP) is 5.32. The molecule has 3 aliphatic heterocycles. The van der Waals surface area contributed by atoms with Crippen LogP contribution in [0.1, 0.15) is 36.6 Å². The van der Waals surface area contributed by atoms with Gasteiger partial charge in [-0.1, -0.05) is 42.4 Å². The van der Waals surface area contributed by atoms with E-state index in [2.05, 4.69) is 52.6 Å². The van der Waals surface area contributed by atoms with Crippen molar-refractivity contribution in [2.75, 3.05) is 56.2 Å². The molecule has 1 unspecified atom stereocenters. The minimum absolute atomic E-state index is 0.265. The molecule has 2 aromatic carbocycles. The number of aromatic nitrogens is 1. The van der Waals surface area contributed by atoms with Gasteiger partial charge in [0.05, 0.1) is 22.9 Å². The van der Waals surface area contributed by atoms with E-state index in [-0.39, 0.29) is 12.1 Å². The van der Waals surface area contributed by atoms with Crippen molar-refractivity contribution in [3.8, 4) is 11.9 Å². The summed E-state index contributed by atoms with van der Waals surface area (Å²) in [5.41, 5.74) is 4.16. The van der Waals surface area contributed by atoms with Gasteiger partial charge in [-0.25, -0.2) is 9.37 Å². The molecule has 6 rings (SSSR count). The summed E-state index contributed by atoms with van der Waals surface area (Å²) in [6.07, 6.45) is 2.83. The smallest absolute Gasteiger partial charge is 0.282 e. The van der Waals surface area contributed by atoms with Crippen LogP contribution in [0.25, 0.3) is 10.8 Å². The Morgan fingerprint density at radius 2 is 1.98 bits per heavy atom. The lowest BCUT2D eigenvalue weighted by Gasteiger charge is -2.42. The Hall–Kier alpha value is -3.87. The average molecular weight is 603 g/mol. The van der Waals surface area contributed by atoms with Gasteiger partial charge >= 0.3 is 0 Å². The van der Waals surface area contributed by atoms with Crippen molar-refractivity contribution in [3.05, 3.63) is 70.6 Å². The number of pyridine rings is 1. The lowest BCUT2D eigenvalue weighted by molar-refractivity contribution is -0.131. The SMILES string of the molecule is C=C(F)C(=O)N1CCN(c2c(C#N)c(OCC3CCCN3C)nc3c2CCN(c2cccc4cccc(Cl)c24)C3)C[C@H]1C. The fraction of sp³-hybridized carbons (Fsp3) is 0.424. The predicted molar refractivity (Wildman–Crippen MR) is 167 cm³/mol. The van der Waals surface area contributed by atoms with Gasteiger partial charge in [0, 0.05) is 54.9 Å². The van der Waals surface area contributed by atoms with Crippen LogP contribution in [0, 0.1) is 11.3 Å². The van der Waals surface area contributed by atoms with Gasteiger partial charge in [-0.3, -0.25) is 4.79 Å². The van der Waals surface area contributed by atoms with Crippen molar-refractivity contribution >= 4 is 39.7 Å². The maximum absolute atomic E-state index is 13.7. The molecule has 0 N–H and O–H groups in total. The first-order chi connectivity index (χ1) is 20.8. The molecular weight excluding hydrogens is 567 g/mol. The molecule has 3 aliphatic rings. The number of piperazine rings is 1. The van der Waals surface area contributed by atoms with E-state index in [0.29, 0.717) is 55.7 Å². The molecule has 10 heteroatoms. The van der Waals surface area contributed by atoms with Gasteiger partial charge < -0.3 is 24.3 Å². The van der Waals surface area contributed by atoms with Crippen molar-refractivity contribution in [1.82, 2.24) is 14.8 Å². The Bertz CT molecular complexity index is 1620. The van der Waals surface area contributed by atoms with Crippen molar-refractivity contribution in [3.63, 3.8) is 0 Å². The summed E-state index contributed by atoms with van der Waals surface area (Å²) in [6.45, 7) is 9.07. The Balaban J connectivity index is 1.39. The van der Waals surface area contributed by atoms with Gasteiger partial charge in [-0.05, 0) is 57.3 Å². The van der Waals surface area contributed by atoms with Crippen LogP contribution in [0.4, 0.5) is 15.8 Å². The summed E-state index contributed by atoms with van der Waals surface area (Å²) >= 11 is 6.69. The Morgan fingerprint density at radius 3 is 2.67 bits per heavy atom. The van der Waals surface area contributed by atoms with E-state index in [9.17, 15) is 14.4 Å². The van der Waals surface area contributed by atoms with Crippen molar-refractivity contribution in [1.29, 1.82) is 5.26 Å². The number of likely N-dealkylation sites (N-methyl/N-ethyl adjacent to an activating group) is 1. The number of hydrogen-bond acceptors (Lipinski definition) is 7. The molecule has 0 bridgehead atoms. The molecule has 1 amide bonds. The van der Waals surface area contributed by atoms with Crippen LogP contribution in [0.15, 0.2) is 48.8 Å². The molecule has 0 radical (unpaired) electrons. The Kier molecular flexibility index (Phi) is 8.17. The number of anilines is 2. The van der Waals surface area contributed by atoms with Crippen LogP contribution in [-0.2, 0) is 17.8 Å². The summed E-state index contributed by atoms with van der Waals surface area (Å²) in [4.78, 5) is 25.7. The molecule has 2 saturated heterocycles. The first-order valence-corrected chi connectivity index (χ1v) is 15.3. The van der Waals surface area contributed by atoms with E-state index >= 15 is 0 Å². The standard InChI is InChI=1S/C33H36ClFN6O2/c1-21-18-40(15-16-41(21)33(42)22(2)35)31-25-12-14-39(29-11-5-8-23-7-4-10-27(34)30(23)29)19-28(25)37-32(26(31)17-36)43-20-24-9-6-13-38(24)3/h4-5,7-8,10-11,21,24H,2,6,9,12-16,18-20H2,1,3H3/t21-,24?/m1/s1. The van der Waals surface area contributed by atoms with E-state index in [1.165, 1.54) is 4.90 Å². The summed E-state index contributed by atoms with van der Waals surface area (Å²) in [7, 11) is 2.10. The molecule has 2 fully saturated rings. The highest BCUT2D eigenvalue weighted by atomic mass is 35.5. The second-order valence-corrected chi connectivity index (χ2v) is 12.2. The summed E-state index contributed by atoms with van der Waals surface area (Å²) < 4.78 is 20.1. The molecule has 0 aliphatic carbocycles. The highest BCUT2D eigenvalue weighted by Gasteiger charge is 2.35. The van der Waals surface area contributed by atoms with Gasteiger partial charge in [0.25, 0.3) is 5.91 Å². The number of nitriles is 1. The zero-order chi connectivity index (χ0) is 30.2. The quantitative estimate of drug-likeness (QED) is 0.354. The van der Waals surface area contributed by atoms with E-state index in [0.717, 1.165) is 59.3 Å². The topological polar surface area (TPSA) is 75.9 Å². The van der Waals surface area contributed by atoms with Crippen LogP contribution >= 0.6 is 11.6 Å². The Labute approximate surface area is 256 Å². The van der Waals surface area contributed by atoms with Crippen LogP contribution in [0.2, 0.25) is 5.02 Å². The molecule has 0 saturated carbocycles. The number of rotatable bonds is 6.